The molecule has 0 radical (unpaired) electrons. The summed E-state index contributed by atoms with van der Waals surface area (Å²) in [4.78, 5) is 15.2. The number of nitrogens with one attached hydrogen (secondary N) is 3. The zero-order valence-electron chi connectivity index (χ0n) is 20.3. The number of aromatic amines is 1. The van der Waals surface area contributed by atoms with Crippen LogP contribution in [-0.2, 0) is 13.5 Å². The summed E-state index contributed by atoms with van der Waals surface area (Å²) >= 11 is 0. The van der Waals surface area contributed by atoms with Gasteiger partial charge in [-0.1, -0.05) is 48.6 Å². The minimum absolute atomic E-state index is 0.135. The minimum atomic E-state index is -0.149. The molecule has 0 saturated carbocycles. The third-order valence-corrected chi connectivity index (χ3v) is 5.73. The summed E-state index contributed by atoms with van der Waals surface area (Å²) in [7, 11) is 1.86. The normalized spacial score (nSPS) is 12.4. The topological polar surface area (TPSA) is 98.5 Å². The van der Waals surface area contributed by atoms with E-state index in [1.807, 2.05) is 55.7 Å². The number of nitriles is 1. The average Bonchev–Trinajstić information content (AvgIpc) is 3.30. The van der Waals surface area contributed by atoms with Gasteiger partial charge in [0.2, 0.25) is 0 Å². The second-order valence-electron chi connectivity index (χ2n) is 8.35. The van der Waals surface area contributed by atoms with E-state index < -0.39 is 0 Å². The Kier molecular flexibility index (Phi) is 9.40. The first-order valence-corrected chi connectivity index (χ1v) is 11.6. The lowest BCUT2D eigenvalue weighted by Crippen LogP contribution is -2.34. The monoisotopic (exact) mass is 468 g/mol. The average molecular weight is 469 g/mol. The molecular formula is C28H32N6O. The van der Waals surface area contributed by atoms with Gasteiger partial charge in [0.05, 0.1) is 17.8 Å². The van der Waals surface area contributed by atoms with Gasteiger partial charge >= 0.3 is 0 Å². The highest BCUT2D eigenvalue weighted by atomic mass is 16.1. The van der Waals surface area contributed by atoms with Gasteiger partial charge in [0, 0.05) is 43.2 Å². The molecule has 0 amide bonds. The molecule has 2 heterocycles. The highest BCUT2D eigenvalue weighted by molar-refractivity contribution is 5.65. The van der Waals surface area contributed by atoms with Crippen LogP contribution in [0.4, 0.5) is 5.69 Å². The maximum absolute atomic E-state index is 12.4. The van der Waals surface area contributed by atoms with Crippen LogP contribution in [-0.4, -0.2) is 33.9 Å². The van der Waals surface area contributed by atoms with E-state index >= 15 is 0 Å². The van der Waals surface area contributed by atoms with Crippen molar-refractivity contribution in [2.45, 2.75) is 25.8 Å². The molecule has 3 rings (SSSR count). The van der Waals surface area contributed by atoms with E-state index in [2.05, 4.69) is 46.4 Å². The van der Waals surface area contributed by atoms with E-state index in [0.717, 1.165) is 30.5 Å². The lowest BCUT2D eigenvalue weighted by molar-refractivity contribution is 0.548. The Morgan fingerprint density at radius 1 is 1.26 bits per heavy atom. The molecule has 0 spiro atoms. The zero-order chi connectivity index (χ0) is 25.0. The molecule has 1 atom stereocenters. The fourth-order valence-electron chi connectivity index (χ4n) is 3.73. The Morgan fingerprint density at radius 3 is 2.74 bits per heavy atom. The Bertz CT molecular complexity index is 1270. The van der Waals surface area contributed by atoms with Crippen LogP contribution in [0.1, 0.15) is 24.5 Å². The van der Waals surface area contributed by atoms with Gasteiger partial charge in [-0.25, -0.2) is 0 Å². The summed E-state index contributed by atoms with van der Waals surface area (Å²) in [6.07, 6.45) is 14.8. The molecule has 7 heteroatoms. The van der Waals surface area contributed by atoms with Crippen LogP contribution >= 0.6 is 0 Å². The van der Waals surface area contributed by atoms with Gasteiger partial charge in [-0.2, -0.15) is 10.4 Å². The number of hydrogen-bond donors (Lipinski definition) is 3. The van der Waals surface area contributed by atoms with E-state index in [4.69, 9.17) is 5.26 Å². The number of nitrogens with zero attached hydrogens (tertiary/aromatic N) is 3. The Labute approximate surface area is 206 Å². The first-order chi connectivity index (χ1) is 17.0. The van der Waals surface area contributed by atoms with Crippen molar-refractivity contribution in [3.8, 4) is 17.2 Å². The molecule has 180 valence electrons. The van der Waals surface area contributed by atoms with Gasteiger partial charge in [0.25, 0.3) is 5.56 Å². The van der Waals surface area contributed by atoms with Crippen molar-refractivity contribution in [1.29, 1.82) is 5.26 Å². The number of H-pyrrole nitrogens is 1. The second-order valence-corrected chi connectivity index (χ2v) is 8.35. The van der Waals surface area contributed by atoms with Crippen LogP contribution in [0, 0.1) is 11.3 Å². The van der Waals surface area contributed by atoms with Crippen molar-refractivity contribution in [1.82, 2.24) is 20.1 Å². The standard InChI is InChI=1S/C28H32N6O/c1-4-5-6-7-21(2)26(30-14-12-22-8-10-23(17-29)11-9-22)13-15-31-27-16-24(18-32-28(27)35)25-19-33-34(3)20-25/h4-11,16,18-20,26,30-31H,1,12-15H2,2-3H3,(H,32,35)/b6-5-,21-7+. The minimum Gasteiger partial charge on any atom is -0.381 e. The number of allylic oxidation sites excluding steroid dienone is 4. The van der Waals surface area contributed by atoms with Gasteiger partial charge in [-0.05, 0) is 50.1 Å². The number of pyridine rings is 1. The van der Waals surface area contributed by atoms with Crippen molar-refractivity contribution in [2.75, 3.05) is 18.4 Å². The van der Waals surface area contributed by atoms with E-state index in [9.17, 15) is 4.79 Å². The van der Waals surface area contributed by atoms with Crippen molar-refractivity contribution >= 4 is 5.69 Å². The van der Waals surface area contributed by atoms with Crippen molar-refractivity contribution in [3.05, 3.63) is 107 Å². The van der Waals surface area contributed by atoms with Gasteiger partial charge in [-0.15, -0.1) is 0 Å². The molecule has 0 fully saturated rings. The Balaban J connectivity index is 1.63. The molecule has 1 aromatic carbocycles. The van der Waals surface area contributed by atoms with E-state index in [1.54, 1.807) is 23.2 Å². The van der Waals surface area contributed by atoms with Crippen LogP contribution < -0.4 is 16.2 Å². The molecule has 3 N–H and O–H groups in total. The number of aryl methyl sites for hydroxylation is 1. The number of anilines is 1. The van der Waals surface area contributed by atoms with Gasteiger partial charge in [0.1, 0.15) is 5.69 Å². The van der Waals surface area contributed by atoms with Crippen LogP contribution in [0.2, 0.25) is 0 Å². The van der Waals surface area contributed by atoms with Gasteiger partial charge in [0.15, 0.2) is 0 Å². The molecule has 3 aromatic rings. The largest absolute Gasteiger partial charge is 0.381 e. The summed E-state index contributed by atoms with van der Waals surface area (Å²) in [5, 5.41) is 20.1. The number of benzene rings is 1. The molecule has 0 saturated heterocycles. The predicted molar refractivity (Wildman–Crippen MR) is 142 cm³/mol. The smallest absolute Gasteiger partial charge is 0.271 e. The predicted octanol–water partition coefficient (Wildman–Crippen LogP) is 4.34. The first kappa shape index (κ1) is 25.5. The summed E-state index contributed by atoms with van der Waals surface area (Å²) in [5.41, 5.74) is 5.29. The van der Waals surface area contributed by atoms with Crippen molar-refractivity contribution < 1.29 is 0 Å². The summed E-state index contributed by atoms with van der Waals surface area (Å²) < 4.78 is 1.73. The maximum atomic E-state index is 12.4. The van der Waals surface area contributed by atoms with Crippen molar-refractivity contribution in [2.24, 2.45) is 7.05 Å². The van der Waals surface area contributed by atoms with Gasteiger partial charge in [-0.3, -0.25) is 9.48 Å². The quantitative estimate of drug-likeness (QED) is 0.344. The zero-order valence-corrected chi connectivity index (χ0v) is 20.3. The van der Waals surface area contributed by atoms with Crippen molar-refractivity contribution in [3.63, 3.8) is 0 Å². The SMILES string of the molecule is C=C/C=C\C=C(/C)C(CCNc1cc(-c2cnn(C)c2)c[nH]c1=O)NCCc1ccc(C#N)cc1. The molecule has 0 aliphatic carbocycles. The van der Waals surface area contributed by atoms with E-state index in [0.29, 0.717) is 17.8 Å². The fourth-order valence-corrected chi connectivity index (χ4v) is 3.73. The molecule has 7 nitrogen and oxygen atoms in total. The number of hydrogen-bond acceptors (Lipinski definition) is 5. The third-order valence-electron chi connectivity index (χ3n) is 5.73. The Hall–Kier alpha value is -4.15. The van der Waals surface area contributed by atoms with Crippen LogP contribution in [0.5, 0.6) is 0 Å². The Morgan fingerprint density at radius 2 is 2.06 bits per heavy atom. The molecular weight excluding hydrogens is 436 g/mol. The maximum Gasteiger partial charge on any atom is 0.271 e. The lowest BCUT2D eigenvalue weighted by Gasteiger charge is -2.20. The van der Waals surface area contributed by atoms with Crippen LogP contribution in [0.15, 0.2) is 90.2 Å². The number of rotatable bonds is 12. The van der Waals surface area contributed by atoms with E-state index in [-0.39, 0.29) is 11.6 Å². The highest BCUT2D eigenvalue weighted by Gasteiger charge is 2.11. The lowest BCUT2D eigenvalue weighted by atomic mass is 10.0. The molecule has 35 heavy (non-hydrogen) atoms. The van der Waals surface area contributed by atoms with E-state index in [1.165, 1.54) is 11.1 Å². The fraction of sp³-hybridized carbons (Fsp3) is 0.250. The third kappa shape index (κ3) is 7.70. The second kappa shape index (κ2) is 12.9. The highest BCUT2D eigenvalue weighted by Crippen LogP contribution is 2.19. The van der Waals surface area contributed by atoms with Gasteiger partial charge < -0.3 is 15.6 Å². The summed E-state index contributed by atoms with van der Waals surface area (Å²) in [5.74, 6) is 0. The summed E-state index contributed by atoms with van der Waals surface area (Å²) in [6, 6.07) is 11.8. The van der Waals surface area contributed by atoms with Crippen LogP contribution in [0.25, 0.3) is 11.1 Å². The summed E-state index contributed by atoms with van der Waals surface area (Å²) in [6.45, 7) is 7.24. The van der Waals surface area contributed by atoms with Crippen LogP contribution in [0.3, 0.4) is 0 Å². The molecule has 0 aliphatic heterocycles. The number of aromatic nitrogens is 3. The molecule has 0 aliphatic rings. The first-order valence-electron chi connectivity index (χ1n) is 11.6. The molecule has 1 unspecified atom stereocenters. The molecule has 2 aromatic heterocycles. The molecule has 0 bridgehead atoms.